The molecule has 1 heterocycles. The summed E-state index contributed by atoms with van der Waals surface area (Å²) in [6.07, 6.45) is 0. The fourth-order valence-corrected chi connectivity index (χ4v) is 9.29. The van der Waals surface area contributed by atoms with Crippen molar-refractivity contribution in [1.82, 2.24) is 9.97 Å². The van der Waals surface area contributed by atoms with Crippen LogP contribution in [0.15, 0.2) is 194 Å². The molecule has 1 aliphatic rings. The Morgan fingerprint density at radius 3 is 1.67 bits per heavy atom. The van der Waals surface area contributed by atoms with E-state index in [9.17, 15) is 0 Å². The maximum absolute atomic E-state index is 5.25. The Kier molecular flexibility index (Phi) is 7.55. The fraction of sp³-hybridized carbons (Fsp3) is 0.0545. The molecule has 0 aliphatic heterocycles. The third-order valence-electron chi connectivity index (χ3n) is 12.1. The zero-order valence-corrected chi connectivity index (χ0v) is 31.9. The zero-order valence-electron chi connectivity index (χ0n) is 31.9. The first-order chi connectivity index (χ1) is 28.0. The summed E-state index contributed by atoms with van der Waals surface area (Å²) >= 11 is 0. The third kappa shape index (κ3) is 5.40. The van der Waals surface area contributed by atoms with E-state index in [4.69, 9.17) is 9.97 Å². The van der Waals surface area contributed by atoms with Gasteiger partial charge in [-0.3, -0.25) is 0 Å². The van der Waals surface area contributed by atoms with E-state index in [1.165, 1.54) is 76.8 Å². The normalized spacial score (nSPS) is 12.9. The van der Waals surface area contributed by atoms with Gasteiger partial charge in [-0.1, -0.05) is 196 Å². The minimum absolute atomic E-state index is 0.129. The van der Waals surface area contributed by atoms with Gasteiger partial charge in [-0.15, -0.1) is 0 Å². The van der Waals surface area contributed by atoms with Crippen molar-refractivity contribution < 1.29 is 0 Å². The summed E-state index contributed by atoms with van der Waals surface area (Å²) in [5.74, 6) is 0.710. The van der Waals surface area contributed by atoms with Gasteiger partial charge in [-0.05, 0) is 89.0 Å². The highest BCUT2D eigenvalue weighted by molar-refractivity contribution is 6.06. The molecular formula is C55H38N2. The fourth-order valence-electron chi connectivity index (χ4n) is 9.29. The van der Waals surface area contributed by atoms with Gasteiger partial charge in [-0.2, -0.15) is 0 Å². The highest BCUT2D eigenvalue weighted by Crippen LogP contribution is 2.52. The maximum atomic E-state index is 5.25. The summed E-state index contributed by atoms with van der Waals surface area (Å²) in [7, 11) is 0. The van der Waals surface area contributed by atoms with Gasteiger partial charge in [0.15, 0.2) is 5.82 Å². The van der Waals surface area contributed by atoms with Crippen LogP contribution in [-0.2, 0) is 5.41 Å². The van der Waals surface area contributed by atoms with E-state index in [1.807, 2.05) is 18.2 Å². The summed E-state index contributed by atoms with van der Waals surface area (Å²) in [4.78, 5) is 10.4. The van der Waals surface area contributed by atoms with Crippen LogP contribution in [0, 0.1) is 0 Å². The van der Waals surface area contributed by atoms with Gasteiger partial charge in [0.25, 0.3) is 0 Å². The van der Waals surface area contributed by atoms with E-state index in [0.29, 0.717) is 5.82 Å². The highest BCUT2D eigenvalue weighted by atomic mass is 14.9. The number of hydrogen-bond donors (Lipinski definition) is 0. The van der Waals surface area contributed by atoms with E-state index in [-0.39, 0.29) is 5.41 Å². The Morgan fingerprint density at radius 1 is 0.333 bits per heavy atom. The van der Waals surface area contributed by atoms with Gasteiger partial charge in [0.1, 0.15) is 0 Å². The van der Waals surface area contributed by atoms with Gasteiger partial charge in [0, 0.05) is 22.1 Å². The number of aromatic nitrogens is 2. The van der Waals surface area contributed by atoms with E-state index < -0.39 is 0 Å². The standard InChI is InChI=1S/C55H38N2/c1-55(2)50-33-40(28-29-47(50)49-30-27-36-14-7-9-19-44(36)53(49)55)43-31-32-48(46-21-11-10-20-45(43)46)52-34-51(56-54(57-52)39-15-4-3-5-16-39)38-25-23-37(24-26-38)42-22-12-17-35-13-6-8-18-41(35)42/h3-34H,1-2H3. The Bertz CT molecular complexity index is 3190. The molecule has 10 aromatic rings. The van der Waals surface area contributed by atoms with Crippen molar-refractivity contribution in [3.05, 3.63) is 205 Å². The van der Waals surface area contributed by atoms with Crippen LogP contribution in [-0.4, -0.2) is 9.97 Å². The summed E-state index contributed by atoms with van der Waals surface area (Å²) in [5.41, 5.74) is 15.1. The van der Waals surface area contributed by atoms with Crippen molar-refractivity contribution in [2.75, 3.05) is 0 Å². The molecule has 1 aliphatic carbocycles. The molecule has 0 unspecified atom stereocenters. The molecule has 9 aromatic carbocycles. The monoisotopic (exact) mass is 726 g/mol. The quantitative estimate of drug-likeness (QED) is 0.176. The first-order valence-corrected chi connectivity index (χ1v) is 19.7. The molecule has 0 saturated heterocycles. The van der Waals surface area contributed by atoms with Crippen LogP contribution in [0.2, 0.25) is 0 Å². The Labute approximate surface area is 332 Å². The molecular weight excluding hydrogens is 689 g/mol. The predicted octanol–water partition coefficient (Wildman–Crippen LogP) is 14.6. The van der Waals surface area contributed by atoms with Gasteiger partial charge in [0.05, 0.1) is 11.4 Å². The van der Waals surface area contributed by atoms with E-state index in [0.717, 1.165) is 28.1 Å². The number of nitrogens with zero attached hydrogens (tertiary/aromatic N) is 2. The van der Waals surface area contributed by atoms with Crippen LogP contribution in [0.4, 0.5) is 0 Å². The van der Waals surface area contributed by atoms with Crippen LogP contribution >= 0.6 is 0 Å². The van der Waals surface area contributed by atoms with Crippen LogP contribution in [0.3, 0.4) is 0 Å². The molecule has 2 nitrogen and oxygen atoms in total. The molecule has 0 N–H and O–H groups in total. The summed E-state index contributed by atoms with van der Waals surface area (Å²) in [5, 5.41) is 7.49. The summed E-state index contributed by atoms with van der Waals surface area (Å²) < 4.78 is 0. The lowest BCUT2D eigenvalue weighted by molar-refractivity contribution is 0.666. The first kappa shape index (κ1) is 33.2. The van der Waals surface area contributed by atoms with Gasteiger partial charge in [0.2, 0.25) is 0 Å². The number of fused-ring (bicyclic) bond motifs is 7. The van der Waals surface area contributed by atoms with Crippen molar-refractivity contribution in [3.8, 4) is 67.3 Å². The largest absolute Gasteiger partial charge is 0.228 e. The molecule has 0 radical (unpaired) electrons. The molecule has 0 fully saturated rings. The number of benzene rings is 9. The Hall–Kier alpha value is -7.16. The highest BCUT2D eigenvalue weighted by Gasteiger charge is 2.37. The lowest BCUT2D eigenvalue weighted by Crippen LogP contribution is -2.15. The second kappa shape index (κ2) is 13.0. The van der Waals surface area contributed by atoms with Gasteiger partial charge >= 0.3 is 0 Å². The Balaban J connectivity index is 1.03. The lowest BCUT2D eigenvalue weighted by Gasteiger charge is -2.24. The lowest BCUT2D eigenvalue weighted by atomic mass is 9.79. The van der Waals surface area contributed by atoms with Crippen molar-refractivity contribution >= 4 is 32.3 Å². The molecule has 0 saturated carbocycles. The van der Waals surface area contributed by atoms with Crippen LogP contribution in [0.25, 0.3) is 99.6 Å². The van der Waals surface area contributed by atoms with Crippen LogP contribution in [0.5, 0.6) is 0 Å². The molecule has 0 atom stereocenters. The van der Waals surface area contributed by atoms with Crippen molar-refractivity contribution in [3.63, 3.8) is 0 Å². The van der Waals surface area contributed by atoms with Crippen LogP contribution in [0.1, 0.15) is 25.0 Å². The zero-order chi connectivity index (χ0) is 38.1. The predicted molar refractivity (Wildman–Crippen MR) is 239 cm³/mol. The average Bonchev–Trinajstić information content (AvgIpc) is 3.51. The molecule has 2 heteroatoms. The average molecular weight is 727 g/mol. The third-order valence-corrected chi connectivity index (χ3v) is 12.1. The molecule has 268 valence electrons. The first-order valence-electron chi connectivity index (χ1n) is 19.7. The second-order valence-corrected chi connectivity index (χ2v) is 15.7. The Morgan fingerprint density at radius 2 is 0.877 bits per heavy atom. The maximum Gasteiger partial charge on any atom is 0.160 e. The molecule has 11 rings (SSSR count). The minimum Gasteiger partial charge on any atom is -0.228 e. The topological polar surface area (TPSA) is 25.8 Å². The van der Waals surface area contributed by atoms with Crippen LogP contribution < -0.4 is 0 Å². The molecule has 0 bridgehead atoms. The summed E-state index contributed by atoms with van der Waals surface area (Å²) in [6, 6.07) is 70.1. The van der Waals surface area contributed by atoms with Gasteiger partial charge < -0.3 is 0 Å². The van der Waals surface area contributed by atoms with E-state index in [1.54, 1.807) is 0 Å². The van der Waals surface area contributed by atoms with Crippen molar-refractivity contribution in [2.24, 2.45) is 0 Å². The number of rotatable bonds is 5. The summed E-state index contributed by atoms with van der Waals surface area (Å²) in [6.45, 7) is 4.76. The van der Waals surface area contributed by atoms with E-state index >= 15 is 0 Å². The van der Waals surface area contributed by atoms with Crippen molar-refractivity contribution in [1.29, 1.82) is 0 Å². The van der Waals surface area contributed by atoms with E-state index in [2.05, 4.69) is 190 Å². The second-order valence-electron chi connectivity index (χ2n) is 15.7. The molecule has 0 spiro atoms. The molecule has 0 amide bonds. The minimum atomic E-state index is -0.129. The molecule has 57 heavy (non-hydrogen) atoms. The van der Waals surface area contributed by atoms with Crippen molar-refractivity contribution in [2.45, 2.75) is 19.3 Å². The number of hydrogen-bond acceptors (Lipinski definition) is 2. The smallest absolute Gasteiger partial charge is 0.160 e. The molecule has 1 aromatic heterocycles. The SMILES string of the molecule is CC1(C)c2cc(-c3ccc(-c4cc(-c5ccc(-c6cccc7ccccc67)cc5)nc(-c5ccccc5)n4)c4ccccc34)ccc2-c2ccc3ccccc3c21. The van der Waals surface area contributed by atoms with Gasteiger partial charge in [-0.25, -0.2) is 9.97 Å².